The van der Waals surface area contributed by atoms with E-state index in [1.165, 1.54) is 19.3 Å². The minimum absolute atomic E-state index is 0.00286. The predicted octanol–water partition coefficient (Wildman–Crippen LogP) is 1.86. The first-order valence-electron chi connectivity index (χ1n) is 6.90. The highest BCUT2D eigenvalue weighted by molar-refractivity contribution is 5.77. The van der Waals surface area contributed by atoms with Crippen LogP contribution in [-0.2, 0) is 9.53 Å². The summed E-state index contributed by atoms with van der Waals surface area (Å²) in [6.07, 6.45) is 7.57. The molecule has 0 bridgehead atoms. The van der Waals surface area contributed by atoms with Gasteiger partial charge in [0.15, 0.2) is 0 Å². The van der Waals surface area contributed by atoms with Crippen LogP contribution in [-0.4, -0.2) is 38.8 Å². The molecule has 0 saturated heterocycles. The first-order valence-corrected chi connectivity index (χ1v) is 6.90. The van der Waals surface area contributed by atoms with Gasteiger partial charge in [-0.25, -0.2) is 0 Å². The fourth-order valence-electron chi connectivity index (χ4n) is 1.60. The van der Waals surface area contributed by atoms with E-state index in [9.17, 15) is 4.79 Å². The first-order chi connectivity index (χ1) is 8.74. The summed E-state index contributed by atoms with van der Waals surface area (Å²) in [4.78, 5) is 11.4. The summed E-state index contributed by atoms with van der Waals surface area (Å²) in [7, 11) is 1.85. The maximum Gasteiger partial charge on any atom is 0.246 e. The van der Waals surface area contributed by atoms with Gasteiger partial charge in [-0.3, -0.25) is 4.79 Å². The summed E-state index contributed by atoms with van der Waals surface area (Å²) in [5.41, 5.74) is 0. The van der Waals surface area contributed by atoms with Crippen LogP contribution in [0.25, 0.3) is 0 Å². The Hall–Kier alpha value is -0.870. The second-order valence-electron chi connectivity index (χ2n) is 4.39. The number of nitrogens with one attached hydrogen (secondary N) is 2. The van der Waals surface area contributed by atoms with Gasteiger partial charge < -0.3 is 15.4 Å². The third-order valence-corrected chi connectivity index (χ3v) is 2.73. The maximum atomic E-state index is 11.4. The zero-order valence-corrected chi connectivity index (χ0v) is 11.8. The van der Waals surface area contributed by atoms with Crippen LogP contribution in [0.3, 0.4) is 0 Å². The third-order valence-electron chi connectivity index (χ3n) is 2.73. The first kappa shape index (κ1) is 17.1. The van der Waals surface area contributed by atoms with E-state index in [4.69, 9.17) is 4.74 Å². The molecule has 1 amide bonds. The third kappa shape index (κ3) is 10.3. The number of unbranched alkanes of at least 4 members (excludes halogenated alkanes) is 3. The number of amides is 1. The van der Waals surface area contributed by atoms with E-state index in [-0.39, 0.29) is 18.6 Å². The largest absolute Gasteiger partial charge is 0.364 e. The van der Waals surface area contributed by atoms with Crippen molar-refractivity contribution in [3.8, 4) is 0 Å². The highest BCUT2D eigenvalue weighted by Gasteiger charge is 2.07. The lowest BCUT2D eigenvalue weighted by Crippen LogP contribution is -2.34. The summed E-state index contributed by atoms with van der Waals surface area (Å²) >= 11 is 0. The fourth-order valence-corrected chi connectivity index (χ4v) is 1.60. The number of ether oxygens (including phenoxy) is 1. The van der Waals surface area contributed by atoms with Crippen molar-refractivity contribution in [3.05, 3.63) is 12.7 Å². The number of likely N-dealkylation sites (N-methyl/N-ethyl adjacent to an activating group) is 1. The van der Waals surface area contributed by atoms with Crippen molar-refractivity contribution in [1.82, 2.24) is 10.6 Å². The van der Waals surface area contributed by atoms with Crippen LogP contribution in [0, 0.1) is 0 Å². The van der Waals surface area contributed by atoms with Crippen LogP contribution >= 0.6 is 0 Å². The van der Waals surface area contributed by atoms with Gasteiger partial charge in [-0.15, -0.1) is 6.58 Å². The van der Waals surface area contributed by atoms with Crippen LogP contribution in [0.15, 0.2) is 12.7 Å². The monoisotopic (exact) mass is 256 g/mol. The van der Waals surface area contributed by atoms with Gasteiger partial charge in [0.2, 0.25) is 5.91 Å². The van der Waals surface area contributed by atoms with Gasteiger partial charge in [-0.05, 0) is 13.5 Å². The number of rotatable bonds is 12. The standard InChI is InChI=1S/C14H28N2O2/c1-4-6-7-8-9-13(5-2)18-12-14(17)16-11-10-15-3/h5,13,15H,2,4,6-12H2,1,3H3,(H,16,17). The molecule has 0 heterocycles. The second kappa shape index (κ2) is 12.6. The molecular weight excluding hydrogens is 228 g/mol. The minimum atomic E-state index is -0.0642. The van der Waals surface area contributed by atoms with E-state index in [0.29, 0.717) is 6.54 Å². The molecular formula is C14H28N2O2. The average Bonchev–Trinajstić information content (AvgIpc) is 2.38. The molecule has 0 saturated carbocycles. The molecule has 18 heavy (non-hydrogen) atoms. The van der Waals surface area contributed by atoms with Crippen molar-refractivity contribution in [2.75, 3.05) is 26.7 Å². The van der Waals surface area contributed by atoms with Crippen LogP contribution < -0.4 is 10.6 Å². The summed E-state index contributed by atoms with van der Waals surface area (Å²) < 4.78 is 5.51. The number of hydrogen-bond donors (Lipinski definition) is 2. The highest BCUT2D eigenvalue weighted by atomic mass is 16.5. The summed E-state index contributed by atoms with van der Waals surface area (Å²) in [6.45, 7) is 7.46. The van der Waals surface area contributed by atoms with Gasteiger partial charge in [-0.2, -0.15) is 0 Å². The van der Waals surface area contributed by atoms with E-state index < -0.39 is 0 Å². The average molecular weight is 256 g/mol. The molecule has 0 aromatic carbocycles. The second-order valence-corrected chi connectivity index (χ2v) is 4.39. The Balaban J connectivity index is 3.59. The molecule has 0 aromatic rings. The van der Waals surface area contributed by atoms with Crippen molar-refractivity contribution >= 4 is 5.91 Å². The summed E-state index contributed by atoms with van der Waals surface area (Å²) in [5, 5.41) is 5.75. The van der Waals surface area contributed by atoms with Crippen LogP contribution in [0.5, 0.6) is 0 Å². The molecule has 0 aliphatic heterocycles. The molecule has 4 nitrogen and oxygen atoms in total. The zero-order chi connectivity index (χ0) is 13.6. The van der Waals surface area contributed by atoms with Gasteiger partial charge in [-0.1, -0.05) is 38.7 Å². The maximum absolute atomic E-state index is 11.4. The normalized spacial score (nSPS) is 12.1. The lowest BCUT2D eigenvalue weighted by molar-refractivity contribution is -0.126. The molecule has 2 N–H and O–H groups in total. The Morgan fingerprint density at radius 2 is 2.11 bits per heavy atom. The molecule has 1 unspecified atom stereocenters. The van der Waals surface area contributed by atoms with E-state index in [2.05, 4.69) is 24.1 Å². The summed E-state index contributed by atoms with van der Waals surface area (Å²) in [6, 6.07) is 0. The fraction of sp³-hybridized carbons (Fsp3) is 0.786. The topological polar surface area (TPSA) is 50.4 Å². The number of hydrogen-bond acceptors (Lipinski definition) is 3. The Kier molecular flexibility index (Phi) is 12.0. The van der Waals surface area contributed by atoms with E-state index in [1.807, 2.05) is 7.05 Å². The van der Waals surface area contributed by atoms with E-state index >= 15 is 0 Å². The summed E-state index contributed by atoms with van der Waals surface area (Å²) in [5.74, 6) is -0.0642. The Bertz CT molecular complexity index is 220. The van der Waals surface area contributed by atoms with Crippen molar-refractivity contribution in [2.45, 2.75) is 45.1 Å². The van der Waals surface area contributed by atoms with Gasteiger partial charge in [0.1, 0.15) is 6.61 Å². The smallest absolute Gasteiger partial charge is 0.246 e. The Morgan fingerprint density at radius 3 is 2.72 bits per heavy atom. The van der Waals surface area contributed by atoms with Crippen molar-refractivity contribution in [1.29, 1.82) is 0 Å². The van der Waals surface area contributed by atoms with E-state index in [0.717, 1.165) is 19.4 Å². The predicted molar refractivity (Wildman–Crippen MR) is 75.6 cm³/mol. The molecule has 0 aliphatic carbocycles. The molecule has 1 atom stereocenters. The van der Waals surface area contributed by atoms with Crippen molar-refractivity contribution in [3.63, 3.8) is 0 Å². The molecule has 0 aliphatic rings. The van der Waals surface area contributed by atoms with Crippen molar-refractivity contribution < 1.29 is 9.53 Å². The molecule has 0 rings (SSSR count). The van der Waals surface area contributed by atoms with Gasteiger partial charge >= 0.3 is 0 Å². The molecule has 0 radical (unpaired) electrons. The van der Waals surface area contributed by atoms with Crippen molar-refractivity contribution in [2.24, 2.45) is 0 Å². The van der Waals surface area contributed by atoms with Crippen LogP contribution in [0.4, 0.5) is 0 Å². The van der Waals surface area contributed by atoms with Crippen LogP contribution in [0.1, 0.15) is 39.0 Å². The Labute approximate surface area is 111 Å². The highest BCUT2D eigenvalue weighted by Crippen LogP contribution is 2.08. The van der Waals surface area contributed by atoms with E-state index in [1.54, 1.807) is 6.08 Å². The number of carbonyl (C=O) groups excluding carboxylic acids is 1. The van der Waals surface area contributed by atoms with Gasteiger partial charge in [0.05, 0.1) is 6.10 Å². The quantitative estimate of drug-likeness (QED) is 0.414. The molecule has 0 fully saturated rings. The lowest BCUT2D eigenvalue weighted by atomic mass is 10.1. The van der Waals surface area contributed by atoms with Crippen LogP contribution in [0.2, 0.25) is 0 Å². The Morgan fingerprint density at radius 1 is 1.33 bits per heavy atom. The lowest BCUT2D eigenvalue weighted by Gasteiger charge is -2.13. The molecule has 0 spiro atoms. The molecule has 4 heteroatoms. The number of carbonyl (C=O) groups is 1. The molecule has 106 valence electrons. The van der Waals surface area contributed by atoms with Gasteiger partial charge in [0.25, 0.3) is 0 Å². The zero-order valence-electron chi connectivity index (χ0n) is 11.8. The minimum Gasteiger partial charge on any atom is -0.364 e. The SMILES string of the molecule is C=CC(CCCCCC)OCC(=O)NCCNC. The molecule has 0 aromatic heterocycles. The van der Waals surface area contributed by atoms with Gasteiger partial charge in [0, 0.05) is 13.1 Å².